The van der Waals surface area contributed by atoms with Crippen LogP contribution in [0.4, 0.5) is 5.69 Å². The summed E-state index contributed by atoms with van der Waals surface area (Å²) in [7, 11) is 0. The molecule has 0 aliphatic heterocycles. The topological polar surface area (TPSA) is 25.2 Å². The van der Waals surface area contributed by atoms with Crippen LogP contribution in [0.5, 0.6) is 0 Å². The Morgan fingerprint density at radius 1 is 0.769 bits per heavy atom. The molecule has 5 rings (SSSR count). The Balaban J connectivity index is 1.70. The van der Waals surface area contributed by atoms with E-state index in [-0.39, 0.29) is 0 Å². The van der Waals surface area contributed by atoms with Gasteiger partial charge in [0.1, 0.15) is 0 Å². The van der Waals surface area contributed by atoms with Crippen LogP contribution in [0, 0.1) is 0 Å². The van der Waals surface area contributed by atoms with Crippen molar-refractivity contribution in [2.75, 3.05) is 0 Å². The lowest BCUT2D eigenvalue weighted by atomic mass is 9.93. The van der Waals surface area contributed by atoms with Crippen molar-refractivity contribution in [3.63, 3.8) is 0 Å². The van der Waals surface area contributed by atoms with Crippen LogP contribution in [0.25, 0.3) is 21.7 Å². The molecule has 0 radical (unpaired) electrons. The van der Waals surface area contributed by atoms with Crippen molar-refractivity contribution in [3.05, 3.63) is 83.6 Å². The van der Waals surface area contributed by atoms with Crippen molar-refractivity contribution in [2.24, 2.45) is 4.99 Å². The minimum Gasteiger partial charge on any atom is -0.255 e. The lowest BCUT2D eigenvalue weighted by molar-refractivity contribution is 0.672. The number of nitrogens with zero attached hydrogens (tertiary/aromatic N) is 2. The molecule has 26 heavy (non-hydrogen) atoms. The van der Waals surface area contributed by atoms with Gasteiger partial charge >= 0.3 is 0 Å². The third kappa shape index (κ3) is 2.59. The molecule has 0 atom stereocenters. The van der Waals surface area contributed by atoms with Crippen LogP contribution in [0.3, 0.4) is 0 Å². The molecule has 0 saturated heterocycles. The average Bonchev–Trinajstić information content (AvgIpc) is 2.71. The first-order valence-corrected chi connectivity index (χ1v) is 9.32. The monoisotopic (exact) mass is 336 g/mol. The molecule has 0 spiro atoms. The molecule has 4 aromatic rings. The van der Waals surface area contributed by atoms with E-state index >= 15 is 0 Å². The maximum Gasteiger partial charge on any atom is 0.0774 e. The molecule has 2 heteroatoms. The fraction of sp³-hybridized carbons (Fsp3) is 0.167. The summed E-state index contributed by atoms with van der Waals surface area (Å²) in [5, 5.41) is 3.65. The summed E-state index contributed by atoms with van der Waals surface area (Å²) in [4.78, 5) is 9.91. The number of para-hydroxylation sites is 1. The van der Waals surface area contributed by atoms with Crippen molar-refractivity contribution >= 4 is 33.6 Å². The molecule has 126 valence electrons. The first-order chi connectivity index (χ1) is 12.9. The van der Waals surface area contributed by atoms with Crippen molar-refractivity contribution in [1.29, 1.82) is 0 Å². The summed E-state index contributed by atoms with van der Waals surface area (Å²) in [5.74, 6) is 0. The molecule has 0 saturated carbocycles. The summed E-state index contributed by atoms with van der Waals surface area (Å²) >= 11 is 0. The maximum atomic E-state index is 5.00. The predicted molar refractivity (Wildman–Crippen MR) is 110 cm³/mol. The number of rotatable bonds is 2. The van der Waals surface area contributed by atoms with Gasteiger partial charge in [-0.1, -0.05) is 60.7 Å². The third-order valence-corrected chi connectivity index (χ3v) is 5.30. The van der Waals surface area contributed by atoms with Crippen LogP contribution >= 0.6 is 0 Å². The van der Waals surface area contributed by atoms with E-state index in [0.29, 0.717) is 0 Å². The summed E-state index contributed by atoms with van der Waals surface area (Å²) in [5.41, 5.74) is 5.90. The molecule has 0 bridgehead atoms. The Hall–Kier alpha value is -3.00. The van der Waals surface area contributed by atoms with Crippen molar-refractivity contribution < 1.29 is 0 Å². The highest BCUT2D eigenvalue weighted by atomic mass is 14.8. The fourth-order valence-corrected chi connectivity index (χ4v) is 3.99. The predicted octanol–water partition coefficient (Wildman–Crippen LogP) is 6.02. The van der Waals surface area contributed by atoms with Gasteiger partial charge in [-0.3, -0.25) is 9.98 Å². The first kappa shape index (κ1) is 15.3. The molecule has 1 aromatic heterocycles. The molecule has 2 nitrogen and oxygen atoms in total. The molecule has 3 aromatic carbocycles. The smallest absolute Gasteiger partial charge is 0.0774 e. The van der Waals surface area contributed by atoms with Gasteiger partial charge in [0.05, 0.1) is 11.2 Å². The molecular formula is C24H20N2. The largest absolute Gasteiger partial charge is 0.255 e. The van der Waals surface area contributed by atoms with Gasteiger partial charge in [-0.2, -0.15) is 0 Å². The molecule has 1 aliphatic rings. The molecule has 0 N–H and O–H groups in total. The zero-order chi connectivity index (χ0) is 17.3. The lowest BCUT2D eigenvalue weighted by Gasteiger charge is -2.18. The van der Waals surface area contributed by atoms with Crippen molar-refractivity contribution in [2.45, 2.75) is 25.7 Å². The van der Waals surface area contributed by atoms with Gasteiger partial charge < -0.3 is 0 Å². The molecule has 0 fully saturated rings. The Labute approximate surface area is 153 Å². The summed E-state index contributed by atoms with van der Waals surface area (Å²) in [6, 6.07) is 23.3. The van der Waals surface area contributed by atoms with Crippen LogP contribution in [0.1, 0.15) is 29.7 Å². The molecule has 0 unspecified atom stereocenters. The van der Waals surface area contributed by atoms with Gasteiger partial charge in [0.25, 0.3) is 0 Å². The summed E-state index contributed by atoms with van der Waals surface area (Å²) in [6.07, 6.45) is 6.62. The number of aliphatic imine (C=N–C) groups is 1. The van der Waals surface area contributed by atoms with Crippen molar-refractivity contribution in [3.8, 4) is 0 Å². The van der Waals surface area contributed by atoms with Gasteiger partial charge in [0.15, 0.2) is 0 Å². The van der Waals surface area contributed by atoms with E-state index in [2.05, 4.69) is 66.7 Å². The van der Waals surface area contributed by atoms with E-state index in [0.717, 1.165) is 35.0 Å². The van der Waals surface area contributed by atoms with Crippen molar-refractivity contribution in [1.82, 2.24) is 4.98 Å². The third-order valence-electron chi connectivity index (χ3n) is 5.30. The maximum absolute atomic E-state index is 5.00. The average molecular weight is 336 g/mol. The second-order valence-corrected chi connectivity index (χ2v) is 6.94. The number of hydrogen-bond donors (Lipinski definition) is 0. The number of aromatic nitrogens is 1. The van der Waals surface area contributed by atoms with Crippen LogP contribution in [0.2, 0.25) is 0 Å². The zero-order valence-corrected chi connectivity index (χ0v) is 14.7. The van der Waals surface area contributed by atoms with Crippen LogP contribution in [-0.2, 0) is 12.8 Å². The molecule has 1 heterocycles. The highest BCUT2D eigenvalue weighted by Crippen LogP contribution is 2.35. The van der Waals surface area contributed by atoms with E-state index in [1.54, 1.807) is 0 Å². The number of pyridine rings is 1. The number of fused-ring (bicyclic) bond motifs is 3. The van der Waals surface area contributed by atoms with Gasteiger partial charge in [-0.15, -0.1) is 0 Å². The first-order valence-electron chi connectivity index (χ1n) is 9.32. The van der Waals surface area contributed by atoms with Gasteiger partial charge in [0.2, 0.25) is 0 Å². The van der Waals surface area contributed by atoms with Gasteiger partial charge in [-0.05, 0) is 48.1 Å². The SMILES string of the molecule is C(=Nc1c2c(nc3ccccc13)CCCC2)c1cccc2ccccc12. The quantitative estimate of drug-likeness (QED) is 0.411. The highest BCUT2D eigenvalue weighted by molar-refractivity contribution is 6.02. The molecule has 1 aliphatic carbocycles. The minimum absolute atomic E-state index is 1.05. The second kappa shape index (κ2) is 6.38. The summed E-state index contributed by atoms with van der Waals surface area (Å²) < 4.78 is 0. The van der Waals surface area contributed by atoms with E-state index in [4.69, 9.17) is 9.98 Å². The fourth-order valence-electron chi connectivity index (χ4n) is 3.99. The molecule has 0 amide bonds. The van der Waals surface area contributed by atoms with E-state index < -0.39 is 0 Å². The van der Waals surface area contributed by atoms with Crippen LogP contribution < -0.4 is 0 Å². The Kier molecular flexibility index (Phi) is 3.75. The molecular weight excluding hydrogens is 316 g/mol. The zero-order valence-electron chi connectivity index (χ0n) is 14.7. The van der Waals surface area contributed by atoms with E-state index in [1.165, 1.54) is 34.9 Å². The Bertz CT molecular complexity index is 1140. The standard InChI is InChI=1S/C24H20N2/c1-2-11-19-17(8-1)9-7-10-18(19)16-25-24-20-12-3-5-14-22(20)26-23-15-6-4-13-21(23)24/h1-3,5,7-12,14,16H,4,6,13,15H2. The Morgan fingerprint density at radius 3 is 2.50 bits per heavy atom. The number of hydrogen-bond acceptors (Lipinski definition) is 2. The van der Waals surface area contributed by atoms with Gasteiger partial charge in [-0.25, -0.2) is 0 Å². The van der Waals surface area contributed by atoms with Crippen LogP contribution in [-0.4, -0.2) is 11.2 Å². The summed E-state index contributed by atoms with van der Waals surface area (Å²) in [6.45, 7) is 0. The lowest BCUT2D eigenvalue weighted by Crippen LogP contribution is -2.06. The highest BCUT2D eigenvalue weighted by Gasteiger charge is 2.17. The normalized spacial score (nSPS) is 14.2. The second-order valence-electron chi connectivity index (χ2n) is 6.94. The number of benzene rings is 3. The van der Waals surface area contributed by atoms with Crippen LogP contribution in [0.15, 0.2) is 71.7 Å². The Morgan fingerprint density at radius 2 is 1.54 bits per heavy atom. The number of aryl methyl sites for hydroxylation is 1. The van der Waals surface area contributed by atoms with E-state index in [1.807, 2.05) is 6.21 Å². The van der Waals surface area contributed by atoms with E-state index in [9.17, 15) is 0 Å². The van der Waals surface area contributed by atoms with Gasteiger partial charge in [0, 0.05) is 22.9 Å². The minimum atomic E-state index is 1.05.